The van der Waals surface area contributed by atoms with Crippen LogP contribution >= 0.6 is 0 Å². The van der Waals surface area contributed by atoms with Gasteiger partial charge in [-0.1, -0.05) is 6.08 Å². The van der Waals surface area contributed by atoms with Crippen LogP contribution < -0.4 is 0 Å². The monoisotopic (exact) mass is 142 g/mol. The average Bonchev–Trinajstić information content (AvgIpc) is 2.43. The molecule has 0 aromatic carbocycles. The summed E-state index contributed by atoms with van der Waals surface area (Å²) in [5.41, 5.74) is 0. The number of methoxy groups -OCH3 is 1. The Bertz CT molecular complexity index is 106. The van der Waals surface area contributed by atoms with Crippen molar-refractivity contribution >= 4 is 0 Å². The highest BCUT2D eigenvalue weighted by atomic mass is 16.5. The van der Waals surface area contributed by atoms with E-state index in [0.29, 0.717) is 0 Å². The molecule has 1 aliphatic rings. The molecule has 2 unspecified atom stereocenters. The molecule has 0 amide bonds. The molecule has 0 bridgehead atoms. The molecule has 10 heavy (non-hydrogen) atoms. The third-order valence-corrected chi connectivity index (χ3v) is 1.84. The highest BCUT2D eigenvalue weighted by molar-refractivity contribution is 4.88. The van der Waals surface area contributed by atoms with E-state index in [4.69, 9.17) is 9.47 Å². The Morgan fingerprint density at radius 1 is 1.80 bits per heavy atom. The summed E-state index contributed by atoms with van der Waals surface area (Å²) in [6.07, 6.45) is 4.39. The molecule has 0 radical (unpaired) electrons. The maximum absolute atomic E-state index is 5.40. The first-order chi connectivity index (χ1) is 4.88. The molecule has 0 aromatic rings. The summed E-state index contributed by atoms with van der Waals surface area (Å²) in [4.78, 5) is 0. The van der Waals surface area contributed by atoms with Gasteiger partial charge in [0.05, 0.1) is 6.10 Å². The second-order valence-corrected chi connectivity index (χ2v) is 2.49. The zero-order chi connectivity index (χ0) is 7.40. The van der Waals surface area contributed by atoms with Crippen molar-refractivity contribution in [3.63, 3.8) is 0 Å². The average molecular weight is 142 g/mol. The lowest BCUT2D eigenvalue weighted by Gasteiger charge is -2.16. The minimum Gasteiger partial charge on any atom is -0.375 e. The smallest absolute Gasteiger partial charge is 0.101 e. The Morgan fingerprint density at radius 2 is 2.60 bits per heavy atom. The number of ether oxygens (including phenoxy) is 2. The fourth-order valence-corrected chi connectivity index (χ4v) is 1.26. The van der Waals surface area contributed by atoms with E-state index < -0.39 is 0 Å². The van der Waals surface area contributed by atoms with Gasteiger partial charge < -0.3 is 9.47 Å². The number of hydrogen-bond acceptors (Lipinski definition) is 2. The number of rotatable bonds is 3. The summed E-state index contributed by atoms with van der Waals surface area (Å²) in [6.45, 7) is 4.54. The van der Waals surface area contributed by atoms with Crippen LogP contribution in [0.4, 0.5) is 0 Å². The van der Waals surface area contributed by atoms with E-state index in [9.17, 15) is 0 Å². The van der Waals surface area contributed by atoms with Crippen molar-refractivity contribution in [1.29, 1.82) is 0 Å². The zero-order valence-electron chi connectivity index (χ0n) is 6.38. The topological polar surface area (TPSA) is 18.5 Å². The van der Waals surface area contributed by atoms with Crippen LogP contribution in [-0.4, -0.2) is 25.9 Å². The predicted octanol–water partition coefficient (Wildman–Crippen LogP) is 1.37. The molecular weight excluding hydrogens is 128 g/mol. The summed E-state index contributed by atoms with van der Waals surface area (Å²) in [5, 5.41) is 0. The summed E-state index contributed by atoms with van der Waals surface area (Å²) in [6, 6.07) is 0. The van der Waals surface area contributed by atoms with Crippen LogP contribution in [0.1, 0.15) is 12.8 Å². The Hall–Kier alpha value is -0.340. The zero-order valence-corrected chi connectivity index (χ0v) is 6.38. The van der Waals surface area contributed by atoms with E-state index in [1.807, 2.05) is 0 Å². The molecule has 0 saturated carbocycles. The maximum atomic E-state index is 5.40. The Morgan fingerprint density at radius 3 is 3.00 bits per heavy atom. The van der Waals surface area contributed by atoms with Gasteiger partial charge in [0, 0.05) is 13.7 Å². The molecule has 0 aromatic heterocycles. The lowest BCUT2D eigenvalue weighted by Crippen LogP contribution is -2.24. The molecule has 1 heterocycles. The van der Waals surface area contributed by atoms with Crippen molar-refractivity contribution in [2.24, 2.45) is 0 Å². The van der Waals surface area contributed by atoms with Gasteiger partial charge in [-0.15, -0.1) is 6.58 Å². The molecule has 0 aliphatic carbocycles. The van der Waals surface area contributed by atoms with E-state index in [0.717, 1.165) is 19.4 Å². The fraction of sp³-hybridized carbons (Fsp3) is 0.750. The van der Waals surface area contributed by atoms with Gasteiger partial charge in [-0.3, -0.25) is 0 Å². The summed E-state index contributed by atoms with van der Waals surface area (Å²) < 4.78 is 10.5. The van der Waals surface area contributed by atoms with E-state index in [1.165, 1.54) is 0 Å². The van der Waals surface area contributed by atoms with Crippen molar-refractivity contribution in [2.75, 3.05) is 13.7 Å². The summed E-state index contributed by atoms with van der Waals surface area (Å²) >= 11 is 0. The van der Waals surface area contributed by atoms with E-state index in [-0.39, 0.29) is 12.2 Å². The molecular formula is C8H14O2. The molecule has 1 fully saturated rings. The number of hydrogen-bond donors (Lipinski definition) is 0. The van der Waals surface area contributed by atoms with Crippen molar-refractivity contribution < 1.29 is 9.47 Å². The van der Waals surface area contributed by atoms with Crippen LogP contribution in [0.5, 0.6) is 0 Å². The first kappa shape index (κ1) is 7.76. The lowest BCUT2D eigenvalue weighted by atomic mass is 10.1. The van der Waals surface area contributed by atoms with Crippen molar-refractivity contribution in [3.05, 3.63) is 12.7 Å². The molecule has 58 valence electrons. The lowest BCUT2D eigenvalue weighted by molar-refractivity contribution is -0.00147. The maximum Gasteiger partial charge on any atom is 0.101 e. The molecule has 0 N–H and O–H groups in total. The van der Waals surface area contributed by atoms with E-state index in [1.54, 1.807) is 13.2 Å². The van der Waals surface area contributed by atoms with Crippen LogP contribution in [0.3, 0.4) is 0 Å². The molecule has 1 rings (SSSR count). The molecule has 1 saturated heterocycles. The standard InChI is InChI=1S/C8H14O2/c1-3-7(9-2)8-5-4-6-10-8/h3,7-8H,1,4-6H2,2H3. The van der Waals surface area contributed by atoms with Crippen molar-refractivity contribution in [3.8, 4) is 0 Å². The van der Waals surface area contributed by atoms with Crippen molar-refractivity contribution in [2.45, 2.75) is 25.0 Å². The molecule has 2 atom stereocenters. The first-order valence-electron chi connectivity index (χ1n) is 3.65. The fourth-order valence-electron chi connectivity index (χ4n) is 1.26. The van der Waals surface area contributed by atoms with E-state index in [2.05, 4.69) is 6.58 Å². The molecule has 2 nitrogen and oxygen atoms in total. The predicted molar refractivity (Wildman–Crippen MR) is 40.0 cm³/mol. The summed E-state index contributed by atoms with van der Waals surface area (Å²) in [7, 11) is 1.69. The normalized spacial score (nSPS) is 28.3. The van der Waals surface area contributed by atoms with Crippen molar-refractivity contribution in [1.82, 2.24) is 0 Å². The van der Waals surface area contributed by atoms with Gasteiger partial charge in [0.25, 0.3) is 0 Å². The van der Waals surface area contributed by atoms with Crippen LogP contribution in [0.15, 0.2) is 12.7 Å². The van der Waals surface area contributed by atoms with Gasteiger partial charge >= 0.3 is 0 Å². The van der Waals surface area contributed by atoms with Gasteiger partial charge in [-0.05, 0) is 12.8 Å². The largest absolute Gasteiger partial charge is 0.375 e. The van der Waals surface area contributed by atoms with E-state index >= 15 is 0 Å². The highest BCUT2D eigenvalue weighted by Crippen LogP contribution is 2.17. The Balaban J connectivity index is 2.36. The van der Waals surface area contributed by atoms with Gasteiger partial charge in [0.2, 0.25) is 0 Å². The minimum atomic E-state index is 0.0856. The second-order valence-electron chi connectivity index (χ2n) is 2.49. The molecule has 1 aliphatic heterocycles. The molecule has 0 spiro atoms. The van der Waals surface area contributed by atoms with Gasteiger partial charge in [-0.2, -0.15) is 0 Å². The molecule has 2 heteroatoms. The van der Waals surface area contributed by atoms with Crippen LogP contribution in [0.25, 0.3) is 0 Å². The Kier molecular flexibility index (Phi) is 2.90. The second kappa shape index (κ2) is 3.74. The van der Waals surface area contributed by atoms with Crippen LogP contribution in [-0.2, 0) is 9.47 Å². The van der Waals surface area contributed by atoms with Gasteiger partial charge in [-0.25, -0.2) is 0 Å². The third kappa shape index (κ3) is 1.58. The van der Waals surface area contributed by atoms with Gasteiger partial charge in [0.15, 0.2) is 0 Å². The highest BCUT2D eigenvalue weighted by Gasteiger charge is 2.22. The third-order valence-electron chi connectivity index (χ3n) is 1.84. The van der Waals surface area contributed by atoms with Crippen LogP contribution in [0, 0.1) is 0 Å². The quantitative estimate of drug-likeness (QED) is 0.554. The van der Waals surface area contributed by atoms with Crippen LogP contribution in [0.2, 0.25) is 0 Å². The summed E-state index contributed by atoms with van der Waals surface area (Å²) in [5.74, 6) is 0. The first-order valence-corrected chi connectivity index (χ1v) is 3.65. The van der Waals surface area contributed by atoms with Gasteiger partial charge in [0.1, 0.15) is 6.10 Å². The Labute approximate surface area is 61.8 Å². The minimum absolute atomic E-state index is 0.0856. The SMILES string of the molecule is C=CC(OC)C1CCCO1.